The van der Waals surface area contributed by atoms with Gasteiger partial charge in [-0.1, -0.05) is 0 Å². The Hall–Kier alpha value is -1.66. The lowest BCUT2D eigenvalue weighted by Gasteiger charge is -2.27. The average Bonchev–Trinajstić information content (AvgIpc) is 2.88. The second-order valence-corrected chi connectivity index (χ2v) is 6.85. The standard InChI is InChI=1S/C18H28N4O2/c1-20(2)16-4-3-8-21(9-7-16)17-6-5-15(14-19-17)18(23)22-10-12-24-13-11-22/h5-6,14,16H,3-4,7-13H2,1-2H3. The minimum absolute atomic E-state index is 0.0564. The summed E-state index contributed by atoms with van der Waals surface area (Å²) in [7, 11) is 4.31. The van der Waals surface area contributed by atoms with Gasteiger partial charge >= 0.3 is 0 Å². The van der Waals surface area contributed by atoms with Gasteiger partial charge in [-0.25, -0.2) is 4.98 Å². The summed E-state index contributed by atoms with van der Waals surface area (Å²) < 4.78 is 5.30. The van der Waals surface area contributed by atoms with E-state index in [4.69, 9.17) is 4.74 Å². The summed E-state index contributed by atoms with van der Waals surface area (Å²) in [6.45, 7) is 4.63. The fourth-order valence-electron chi connectivity index (χ4n) is 3.47. The fourth-order valence-corrected chi connectivity index (χ4v) is 3.47. The van der Waals surface area contributed by atoms with Crippen LogP contribution in [0.25, 0.3) is 0 Å². The Morgan fingerprint density at radius 2 is 1.96 bits per heavy atom. The zero-order chi connectivity index (χ0) is 16.9. The van der Waals surface area contributed by atoms with Gasteiger partial charge in [0, 0.05) is 38.4 Å². The molecule has 2 fully saturated rings. The van der Waals surface area contributed by atoms with Crippen LogP contribution < -0.4 is 4.90 Å². The van der Waals surface area contributed by atoms with Crippen LogP contribution in [-0.4, -0.2) is 80.2 Å². The smallest absolute Gasteiger partial charge is 0.255 e. The summed E-state index contributed by atoms with van der Waals surface area (Å²) in [5.74, 6) is 1.04. The van der Waals surface area contributed by atoms with Crippen LogP contribution >= 0.6 is 0 Å². The molecule has 1 aromatic heterocycles. The lowest BCUT2D eigenvalue weighted by atomic mass is 10.1. The van der Waals surface area contributed by atoms with E-state index in [0.717, 1.165) is 25.3 Å². The van der Waals surface area contributed by atoms with E-state index in [1.165, 1.54) is 12.8 Å². The number of anilines is 1. The third kappa shape index (κ3) is 4.05. The number of amides is 1. The lowest BCUT2D eigenvalue weighted by Crippen LogP contribution is -2.40. The van der Waals surface area contributed by atoms with Crippen LogP contribution in [0.15, 0.2) is 18.3 Å². The molecule has 1 amide bonds. The van der Waals surface area contributed by atoms with Crippen molar-refractivity contribution in [3.63, 3.8) is 0 Å². The van der Waals surface area contributed by atoms with Gasteiger partial charge < -0.3 is 19.4 Å². The van der Waals surface area contributed by atoms with Gasteiger partial charge in [-0.3, -0.25) is 4.79 Å². The fraction of sp³-hybridized carbons (Fsp3) is 0.667. The molecule has 2 aliphatic rings. The Bertz CT molecular complexity index is 540. The molecule has 6 nitrogen and oxygen atoms in total. The number of nitrogens with zero attached hydrogens (tertiary/aromatic N) is 4. The van der Waals surface area contributed by atoms with Crippen molar-refractivity contribution in [2.75, 3.05) is 58.4 Å². The zero-order valence-corrected chi connectivity index (χ0v) is 14.8. The summed E-state index contributed by atoms with van der Waals surface area (Å²) in [6, 6.07) is 4.55. The Balaban J connectivity index is 1.62. The number of rotatable bonds is 3. The average molecular weight is 332 g/mol. The molecular formula is C18H28N4O2. The van der Waals surface area contributed by atoms with Gasteiger partial charge in [-0.15, -0.1) is 0 Å². The molecule has 3 heterocycles. The van der Waals surface area contributed by atoms with Crippen molar-refractivity contribution in [2.24, 2.45) is 0 Å². The van der Waals surface area contributed by atoms with Gasteiger partial charge in [0.1, 0.15) is 5.82 Å². The summed E-state index contributed by atoms with van der Waals surface area (Å²) in [5, 5.41) is 0. The van der Waals surface area contributed by atoms with Crippen molar-refractivity contribution in [3.8, 4) is 0 Å². The molecule has 3 rings (SSSR count). The maximum atomic E-state index is 12.5. The lowest BCUT2D eigenvalue weighted by molar-refractivity contribution is 0.0302. The number of ether oxygens (including phenoxy) is 1. The Labute approximate surface area is 144 Å². The first-order chi connectivity index (χ1) is 11.6. The number of morpholine rings is 1. The van der Waals surface area contributed by atoms with Crippen LogP contribution in [0.5, 0.6) is 0 Å². The van der Waals surface area contributed by atoms with E-state index in [0.29, 0.717) is 37.9 Å². The number of hydrogen-bond acceptors (Lipinski definition) is 5. The van der Waals surface area contributed by atoms with Gasteiger partial charge in [0.05, 0.1) is 18.8 Å². The van der Waals surface area contributed by atoms with Crippen molar-refractivity contribution < 1.29 is 9.53 Å². The Morgan fingerprint density at radius 1 is 1.17 bits per heavy atom. The Kier molecular flexibility index (Phi) is 5.68. The van der Waals surface area contributed by atoms with Crippen LogP contribution in [0.1, 0.15) is 29.6 Å². The molecule has 0 spiro atoms. The predicted octanol–water partition coefficient (Wildman–Crippen LogP) is 1.47. The number of hydrogen-bond donors (Lipinski definition) is 0. The molecule has 6 heteroatoms. The van der Waals surface area contributed by atoms with E-state index in [-0.39, 0.29) is 5.91 Å². The summed E-state index contributed by atoms with van der Waals surface area (Å²) in [6.07, 6.45) is 5.29. The van der Waals surface area contributed by atoms with E-state index in [9.17, 15) is 4.79 Å². The van der Waals surface area contributed by atoms with Gasteiger partial charge in [0.25, 0.3) is 5.91 Å². The highest BCUT2D eigenvalue weighted by Gasteiger charge is 2.21. The molecule has 24 heavy (non-hydrogen) atoms. The first kappa shape index (κ1) is 17.2. The molecule has 2 saturated heterocycles. The number of carbonyl (C=O) groups is 1. The second kappa shape index (κ2) is 7.94. The normalized spacial score (nSPS) is 22.5. The monoisotopic (exact) mass is 332 g/mol. The highest BCUT2D eigenvalue weighted by molar-refractivity contribution is 5.94. The minimum Gasteiger partial charge on any atom is -0.378 e. The predicted molar refractivity (Wildman–Crippen MR) is 94.5 cm³/mol. The molecule has 132 valence electrons. The third-order valence-corrected chi connectivity index (χ3v) is 5.05. The maximum absolute atomic E-state index is 12.5. The maximum Gasteiger partial charge on any atom is 0.255 e. The van der Waals surface area contributed by atoms with E-state index >= 15 is 0 Å². The van der Waals surface area contributed by atoms with E-state index in [1.54, 1.807) is 6.20 Å². The quantitative estimate of drug-likeness (QED) is 0.839. The summed E-state index contributed by atoms with van der Waals surface area (Å²) >= 11 is 0. The summed E-state index contributed by atoms with van der Waals surface area (Å²) in [5.41, 5.74) is 0.668. The van der Waals surface area contributed by atoms with Crippen LogP contribution in [0.2, 0.25) is 0 Å². The Morgan fingerprint density at radius 3 is 2.62 bits per heavy atom. The molecular weight excluding hydrogens is 304 g/mol. The van der Waals surface area contributed by atoms with Crippen LogP contribution in [-0.2, 0) is 4.74 Å². The number of aromatic nitrogens is 1. The molecule has 0 bridgehead atoms. The molecule has 0 N–H and O–H groups in total. The highest BCUT2D eigenvalue weighted by atomic mass is 16.5. The van der Waals surface area contributed by atoms with Crippen LogP contribution in [0.3, 0.4) is 0 Å². The van der Waals surface area contributed by atoms with Crippen molar-refractivity contribution in [1.82, 2.24) is 14.8 Å². The van der Waals surface area contributed by atoms with Crippen molar-refractivity contribution in [2.45, 2.75) is 25.3 Å². The van der Waals surface area contributed by atoms with Gasteiger partial charge in [0.2, 0.25) is 0 Å². The molecule has 1 unspecified atom stereocenters. The van der Waals surface area contributed by atoms with Crippen LogP contribution in [0, 0.1) is 0 Å². The second-order valence-electron chi connectivity index (χ2n) is 6.85. The van der Waals surface area contributed by atoms with E-state index < -0.39 is 0 Å². The molecule has 2 aliphatic heterocycles. The largest absolute Gasteiger partial charge is 0.378 e. The highest BCUT2D eigenvalue weighted by Crippen LogP contribution is 2.20. The molecule has 1 aromatic rings. The van der Waals surface area contributed by atoms with Crippen LogP contribution in [0.4, 0.5) is 5.82 Å². The molecule has 0 saturated carbocycles. The van der Waals surface area contributed by atoms with E-state index in [1.807, 2.05) is 17.0 Å². The number of pyridine rings is 1. The first-order valence-electron chi connectivity index (χ1n) is 8.89. The topological polar surface area (TPSA) is 48.9 Å². The van der Waals surface area contributed by atoms with Crippen molar-refractivity contribution in [3.05, 3.63) is 23.9 Å². The first-order valence-corrected chi connectivity index (χ1v) is 8.89. The third-order valence-electron chi connectivity index (χ3n) is 5.05. The summed E-state index contributed by atoms with van der Waals surface area (Å²) in [4.78, 5) is 23.5. The van der Waals surface area contributed by atoms with E-state index in [2.05, 4.69) is 28.9 Å². The molecule has 0 aromatic carbocycles. The SMILES string of the molecule is CN(C)C1CCCN(c2ccc(C(=O)N3CCOCC3)cn2)CC1. The molecule has 0 radical (unpaired) electrons. The zero-order valence-electron chi connectivity index (χ0n) is 14.8. The van der Waals surface area contributed by atoms with Crippen molar-refractivity contribution >= 4 is 11.7 Å². The molecule has 0 aliphatic carbocycles. The van der Waals surface area contributed by atoms with Gasteiger partial charge in [0.15, 0.2) is 0 Å². The number of carbonyl (C=O) groups excluding carboxylic acids is 1. The minimum atomic E-state index is 0.0564. The van der Waals surface area contributed by atoms with Crippen molar-refractivity contribution in [1.29, 1.82) is 0 Å². The molecule has 1 atom stereocenters. The van der Waals surface area contributed by atoms with Gasteiger partial charge in [-0.2, -0.15) is 0 Å². The van der Waals surface area contributed by atoms with Gasteiger partial charge in [-0.05, 0) is 45.5 Å².